The second-order valence-electron chi connectivity index (χ2n) is 3.56. The minimum absolute atomic E-state index is 0.867. The third kappa shape index (κ3) is 3.03. The van der Waals surface area contributed by atoms with Gasteiger partial charge in [0.15, 0.2) is 0 Å². The van der Waals surface area contributed by atoms with Gasteiger partial charge in [-0.05, 0) is 46.6 Å². The smallest absolute Gasteiger partial charge is 0.0452 e. The van der Waals surface area contributed by atoms with Crippen molar-refractivity contribution in [3.05, 3.63) is 44.6 Å². The third-order valence-electron chi connectivity index (χ3n) is 2.16. The van der Waals surface area contributed by atoms with Crippen molar-refractivity contribution < 1.29 is 0 Å². The molecule has 0 atom stereocenters. The van der Waals surface area contributed by atoms with Gasteiger partial charge in [0.2, 0.25) is 0 Å². The molecule has 2 rings (SSSR count). The molecule has 0 fully saturated rings. The molecule has 1 nitrogen and oxygen atoms in total. The van der Waals surface area contributed by atoms with Crippen LogP contribution in [0, 0.1) is 6.92 Å². The first kappa shape index (κ1) is 12.0. The van der Waals surface area contributed by atoms with E-state index in [4.69, 9.17) is 5.73 Å². The second-order valence-corrected chi connectivity index (χ2v) is 6.49. The van der Waals surface area contributed by atoms with Gasteiger partial charge in [0, 0.05) is 31.1 Å². The monoisotopic (exact) mass is 313 g/mol. The maximum atomic E-state index is 5.93. The van der Waals surface area contributed by atoms with Crippen molar-refractivity contribution in [1.82, 2.24) is 0 Å². The van der Waals surface area contributed by atoms with Gasteiger partial charge in [0.1, 0.15) is 0 Å². The lowest BCUT2D eigenvalue weighted by atomic mass is 10.2. The van der Waals surface area contributed by atoms with E-state index in [1.807, 2.05) is 12.1 Å². The molecule has 0 radical (unpaired) electrons. The first-order chi connectivity index (χ1) is 7.65. The highest BCUT2D eigenvalue weighted by Gasteiger charge is 2.03. The highest BCUT2D eigenvalue weighted by molar-refractivity contribution is 9.10. The Kier molecular flexibility index (Phi) is 3.95. The minimum Gasteiger partial charge on any atom is -0.398 e. The predicted octanol–water partition coefficient (Wildman–Crippen LogP) is 4.69. The van der Waals surface area contributed by atoms with E-state index < -0.39 is 0 Å². The van der Waals surface area contributed by atoms with Crippen LogP contribution in [0.4, 0.5) is 5.69 Å². The number of anilines is 1. The Morgan fingerprint density at radius 1 is 1.38 bits per heavy atom. The van der Waals surface area contributed by atoms with Crippen LogP contribution < -0.4 is 5.73 Å². The van der Waals surface area contributed by atoms with Gasteiger partial charge in [0.25, 0.3) is 0 Å². The zero-order valence-electron chi connectivity index (χ0n) is 8.87. The largest absolute Gasteiger partial charge is 0.398 e. The Hall–Kier alpha value is -0.450. The molecule has 0 aliphatic heterocycles. The van der Waals surface area contributed by atoms with Crippen LogP contribution in [0.3, 0.4) is 0 Å². The molecule has 0 bridgehead atoms. The predicted molar refractivity (Wildman–Crippen MR) is 77.2 cm³/mol. The average Bonchev–Trinajstić information content (AvgIpc) is 2.66. The standard InChI is InChI=1S/C12H12BrNS2/c1-8-2-3-11(14)12(4-8)16-7-10-5-9(13)6-15-10/h2-6H,7,14H2,1H3. The lowest BCUT2D eigenvalue weighted by molar-refractivity contribution is 1.35. The minimum atomic E-state index is 0.867. The Morgan fingerprint density at radius 3 is 2.88 bits per heavy atom. The number of hydrogen-bond acceptors (Lipinski definition) is 3. The first-order valence-electron chi connectivity index (χ1n) is 4.87. The number of thiophene rings is 1. The van der Waals surface area contributed by atoms with E-state index in [0.717, 1.165) is 15.9 Å². The van der Waals surface area contributed by atoms with Gasteiger partial charge >= 0.3 is 0 Å². The summed E-state index contributed by atoms with van der Waals surface area (Å²) in [4.78, 5) is 2.53. The number of halogens is 1. The van der Waals surface area contributed by atoms with Gasteiger partial charge < -0.3 is 5.73 Å². The van der Waals surface area contributed by atoms with Crippen molar-refractivity contribution >= 4 is 44.7 Å². The number of rotatable bonds is 3. The highest BCUT2D eigenvalue weighted by Crippen LogP contribution is 2.31. The average molecular weight is 314 g/mol. The molecule has 4 heteroatoms. The molecule has 1 heterocycles. The molecule has 16 heavy (non-hydrogen) atoms. The van der Waals surface area contributed by atoms with Crippen LogP contribution in [-0.2, 0) is 5.75 Å². The van der Waals surface area contributed by atoms with E-state index >= 15 is 0 Å². The molecular formula is C12H12BrNS2. The molecule has 2 aromatic rings. The van der Waals surface area contributed by atoms with E-state index in [-0.39, 0.29) is 0 Å². The summed E-state index contributed by atoms with van der Waals surface area (Å²) < 4.78 is 1.16. The molecule has 0 aliphatic carbocycles. The first-order valence-corrected chi connectivity index (χ1v) is 7.53. The van der Waals surface area contributed by atoms with Crippen LogP contribution in [0.25, 0.3) is 0 Å². The fraction of sp³-hybridized carbons (Fsp3) is 0.167. The Bertz CT molecular complexity index is 494. The van der Waals surface area contributed by atoms with Gasteiger partial charge in [-0.15, -0.1) is 23.1 Å². The van der Waals surface area contributed by atoms with Crippen molar-refractivity contribution in [3.8, 4) is 0 Å². The summed E-state index contributed by atoms with van der Waals surface area (Å²) in [5.41, 5.74) is 8.05. The SMILES string of the molecule is Cc1ccc(N)c(SCc2cc(Br)cs2)c1. The quantitative estimate of drug-likeness (QED) is 0.657. The Balaban J connectivity index is 2.07. The lowest BCUT2D eigenvalue weighted by Gasteiger charge is -2.05. The number of thioether (sulfide) groups is 1. The molecule has 1 aromatic heterocycles. The van der Waals surface area contributed by atoms with E-state index in [0.29, 0.717) is 0 Å². The van der Waals surface area contributed by atoms with Crippen LogP contribution in [0.5, 0.6) is 0 Å². The molecule has 2 N–H and O–H groups in total. The summed E-state index contributed by atoms with van der Waals surface area (Å²) in [5.74, 6) is 0.976. The van der Waals surface area contributed by atoms with Gasteiger partial charge in [0.05, 0.1) is 0 Å². The molecule has 0 saturated carbocycles. The van der Waals surface area contributed by atoms with E-state index in [9.17, 15) is 0 Å². The van der Waals surface area contributed by atoms with Crippen LogP contribution in [0.2, 0.25) is 0 Å². The third-order valence-corrected chi connectivity index (χ3v) is 5.16. The highest BCUT2D eigenvalue weighted by atomic mass is 79.9. The van der Waals surface area contributed by atoms with Crippen LogP contribution in [-0.4, -0.2) is 0 Å². The van der Waals surface area contributed by atoms with Gasteiger partial charge in [-0.25, -0.2) is 0 Å². The van der Waals surface area contributed by atoms with E-state index in [1.165, 1.54) is 15.3 Å². The molecule has 0 aliphatic rings. The molecule has 0 saturated heterocycles. The van der Waals surface area contributed by atoms with Gasteiger partial charge in [-0.2, -0.15) is 0 Å². The van der Waals surface area contributed by atoms with Crippen molar-refractivity contribution in [2.24, 2.45) is 0 Å². The summed E-state index contributed by atoms with van der Waals surface area (Å²) in [6.07, 6.45) is 0. The molecule has 0 spiro atoms. The number of benzene rings is 1. The summed E-state index contributed by atoms with van der Waals surface area (Å²) in [5, 5.41) is 2.11. The summed E-state index contributed by atoms with van der Waals surface area (Å²) in [6.45, 7) is 2.09. The van der Waals surface area contributed by atoms with Crippen molar-refractivity contribution in [3.63, 3.8) is 0 Å². The molecule has 1 aromatic carbocycles. The fourth-order valence-electron chi connectivity index (χ4n) is 1.34. The topological polar surface area (TPSA) is 26.0 Å². The van der Waals surface area contributed by atoms with Crippen LogP contribution >= 0.6 is 39.0 Å². The zero-order chi connectivity index (χ0) is 11.5. The van der Waals surface area contributed by atoms with Crippen molar-refractivity contribution in [2.75, 3.05) is 5.73 Å². The second kappa shape index (κ2) is 5.25. The summed E-state index contributed by atoms with van der Waals surface area (Å²) >= 11 is 7.02. The Labute approximate surface area is 112 Å². The fourth-order valence-corrected chi connectivity index (χ4v) is 3.91. The zero-order valence-corrected chi connectivity index (χ0v) is 12.1. The van der Waals surface area contributed by atoms with Crippen LogP contribution in [0.1, 0.15) is 10.4 Å². The molecule has 0 unspecified atom stereocenters. The lowest BCUT2D eigenvalue weighted by Crippen LogP contribution is -1.89. The Morgan fingerprint density at radius 2 is 2.19 bits per heavy atom. The number of hydrogen-bond donors (Lipinski definition) is 1. The van der Waals surface area contributed by atoms with Gasteiger partial charge in [-0.3, -0.25) is 0 Å². The summed E-state index contributed by atoms with van der Waals surface area (Å²) in [6, 6.07) is 8.31. The van der Waals surface area contributed by atoms with Crippen molar-refractivity contribution in [1.29, 1.82) is 0 Å². The van der Waals surface area contributed by atoms with Crippen molar-refractivity contribution in [2.45, 2.75) is 17.6 Å². The molecule has 84 valence electrons. The molecular weight excluding hydrogens is 302 g/mol. The van der Waals surface area contributed by atoms with Crippen LogP contribution in [0.15, 0.2) is 39.0 Å². The van der Waals surface area contributed by atoms with Gasteiger partial charge in [-0.1, -0.05) is 6.07 Å². The molecule has 0 amide bonds. The maximum Gasteiger partial charge on any atom is 0.0452 e. The number of nitrogen functional groups attached to an aromatic ring is 1. The number of nitrogens with two attached hydrogens (primary N) is 1. The van der Waals surface area contributed by atoms with E-state index in [1.54, 1.807) is 23.1 Å². The summed E-state index contributed by atoms with van der Waals surface area (Å²) in [7, 11) is 0. The van der Waals surface area contributed by atoms with E-state index in [2.05, 4.69) is 40.4 Å². The number of aryl methyl sites for hydroxylation is 1. The maximum absolute atomic E-state index is 5.93. The normalized spacial score (nSPS) is 10.6.